The molecule has 1 saturated heterocycles. The number of amides is 1. The molecule has 5 rings (SSSR count). The Morgan fingerprint density at radius 2 is 1.59 bits per heavy atom. The molecule has 19 heteroatoms. The number of nitrogens with two attached hydrogens (primary N) is 1. The van der Waals surface area contributed by atoms with Gasteiger partial charge >= 0.3 is 30.6 Å². The van der Waals surface area contributed by atoms with E-state index in [-0.39, 0.29) is 67.4 Å². The summed E-state index contributed by atoms with van der Waals surface area (Å²) in [6, 6.07) is 4.28. The SMILES string of the molecule is CC[C@]1(N)C[C@@H](c2ncc(N3CCOCC3)cc2Cc2cc(C(F)(F)F)cc(C(F)(F)F)c2)c2nc(C(F)(F)F)ccc2N1C(=O)OCCCCC(=O)O. The first kappa shape index (κ1) is 40.5. The van der Waals surface area contributed by atoms with E-state index in [1.165, 1.54) is 12.3 Å². The predicted octanol–water partition coefficient (Wildman–Crippen LogP) is 7.76. The third kappa shape index (κ3) is 9.17. The first-order valence-corrected chi connectivity index (χ1v) is 16.9. The van der Waals surface area contributed by atoms with Gasteiger partial charge in [0.15, 0.2) is 0 Å². The summed E-state index contributed by atoms with van der Waals surface area (Å²) in [5.41, 5.74) is 0.341. The van der Waals surface area contributed by atoms with Gasteiger partial charge in [-0.2, -0.15) is 39.5 Å². The molecule has 1 amide bonds. The van der Waals surface area contributed by atoms with Gasteiger partial charge in [-0.1, -0.05) is 6.92 Å². The lowest BCUT2D eigenvalue weighted by molar-refractivity contribution is -0.143. The average molecular weight is 778 g/mol. The molecule has 294 valence electrons. The molecule has 0 spiro atoms. The van der Waals surface area contributed by atoms with Gasteiger partial charge in [-0.15, -0.1) is 0 Å². The number of fused-ring (bicyclic) bond motifs is 1. The second-order valence-electron chi connectivity index (χ2n) is 13.0. The zero-order chi connectivity index (χ0) is 39.6. The van der Waals surface area contributed by atoms with Crippen LogP contribution in [0.3, 0.4) is 0 Å². The second-order valence-corrected chi connectivity index (χ2v) is 13.0. The van der Waals surface area contributed by atoms with Gasteiger partial charge in [-0.05, 0) is 79.6 Å². The monoisotopic (exact) mass is 777 g/mol. The number of ether oxygens (including phenoxy) is 2. The lowest BCUT2D eigenvalue weighted by Crippen LogP contribution is -2.62. The second kappa shape index (κ2) is 15.6. The molecule has 2 atom stereocenters. The van der Waals surface area contributed by atoms with Gasteiger partial charge in [0.05, 0.1) is 59.9 Å². The number of halogens is 9. The largest absolute Gasteiger partial charge is 0.481 e. The standard InChI is InChI=1S/C35H36F9N5O5/c1-2-32(45)18-25(30-26(6-7-27(47-30)35(42,43)44)49(32)31(52)54-10-4-3-5-28(50)51)29-21(16-24(19-46-29)48-8-11-53-12-9-48)13-20-14-22(33(36,37)38)17-23(15-20)34(39,40)41/h6-7,14-17,19,25H,2-5,8-13,18,45H2,1H3,(H,50,51)/t25-,32+/m0/s1. The lowest BCUT2D eigenvalue weighted by Gasteiger charge is -2.46. The summed E-state index contributed by atoms with van der Waals surface area (Å²) in [4.78, 5) is 35.7. The Hall–Kier alpha value is -4.65. The Kier molecular flexibility index (Phi) is 11.7. The van der Waals surface area contributed by atoms with Crippen molar-refractivity contribution in [2.24, 2.45) is 5.73 Å². The molecule has 0 radical (unpaired) electrons. The van der Waals surface area contributed by atoms with Crippen LogP contribution in [-0.2, 0) is 39.2 Å². The quantitative estimate of drug-likeness (QED) is 0.157. The van der Waals surface area contributed by atoms with Crippen LogP contribution in [0.1, 0.15) is 84.3 Å². The van der Waals surface area contributed by atoms with Crippen LogP contribution in [0.2, 0.25) is 0 Å². The van der Waals surface area contributed by atoms with Crippen molar-refractivity contribution in [3.8, 4) is 0 Å². The Morgan fingerprint density at radius 1 is 0.944 bits per heavy atom. The third-order valence-corrected chi connectivity index (χ3v) is 9.31. The number of morpholine rings is 1. The predicted molar refractivity (Wildman–Crippen MR) is 175 cm³/mol. The molecular weight excluding hydrogens is 741 g/mol. The van der Waals surface area contributed by atoms with Crippen molar-refractivity contribution in [1.29, 1.82) is 0 Å². The van der Waals surface area contributed by atoms with Crippen LogP contribution >= 0.6 is 0 Å². The van der Waals surface area contributed by atoms with E-state index in [9.17, 15) is 49.1 Å². The minimum Gasteiger partial charge on any atom is -0.481 e. The number of nitrogens with zero attached hydrogens (tertiary/aromatic N) is 4. The molecule has 4 heterocycles. The number of carbonyl (C=O) groups excluding carboxylic acids is 1. The fraction of sp³-hybridized carbons (Fsp3) is 0.486. The number of carbonyl (C=O) groups is 2. The number of carboxylic acids is 1. The van der Waals surface area contributed by atoms with Gasteiger partial charge in [0.1, 0.15) is 11.4 Å². The van der Waals surface area contributed by atoms with Gasteiger partial charge in [0, 0.05) is 25.4 Å². The van der Waals surface area contributed by atoms with Crippen LogP contribution < -0.4 is 15.5 Å². The number of unbranched alkanes of at least 4 members (excludes halogenated alkanes) is 1. The number of pyridine rings is 2. The molecule has 54 heavy (non-hydrogen) atoms. The zero-order valence-electron chi connectivity index (χ0n) is 28.7. The molecule has 1 aromatic carbocycles. The zero-order valence-corrected chi connectivity index (χ0v) is 28.7. The summed E-state index contributed by atoms with van der Waals surface area (Å²) in [6.45, 7) is 2.75. The van der Waals surface area contributed by atoms with E-state index in [1.54, 1.807) is 6.92 Å². The normalized spacial score (nSPS) is 19.4. The number of hydrogen-bond donors (Lipinski definition) is 2. The number of anilines is 2. The van der Waals surface area contributed by atoms with E-state index in [1.807, 2.05) is 4.90 Å². The fourth-order valence-electron chi connectivity index (χ4n) is 6.56. The van der Waals surface area contributed by atoms with Crippen molar-refractivity contribution < 1.29 is 63.7 Å². The van der Waals surface area contributed by atoms with E-state index < -0.39 is 71.0 Å². The molecule has 1 fully saturated rings. The Morgan fingerprint density at radius 3 is 2.17 bits per heavy atom. The van der Waals surface area contributed by atoms with E-state index in [2.05, 4.69) is 9.97 Å². The maximum atomic E-state index is 14.1. The van der Waals surface area contributed by atoms with Gasteiger partial charge in [-0.25, -0.2) is 9.78 Å². The van der Waals surface area contributed by atoms with Crippen molar-refractivity contribution in [1.82, 2.24) is 9.97 Å². The van der Waals surface area contributed by atoms with Crippen LogP contribution in [0, 0.1) is 0 Å². The summed E-state index contributed by atoms with van der Waals surface area (Å²) in [5, 5.41) is 8.88. The summed E-state index contributed by atoms with van der Waals surface area (Å²) < 4.78 is 136. The van der Waals surface area contributed by atoms with Crippen molar-refractivity contribution in [2.45, 2.75) is 75.6 Å². The summed E-state index contributed by atoms with van der Waals surface area (Å²) in [7, 11) is 0. The van der Waals surface area contributed by atoms with Gasteiger partial charge < -0.3 is 25.2 Å². The van der Waals surface area contributed by atoms with E-state index in [4.69, 9.17) is 20.3 Å². The molecule has 2 aromatic heterocycles. The smallest absolute Gasteiger partial charge is 0.433 e. The van der Waals surface area contributed by atoms with E-state index in [0.29, 0.717) is 50.2 Å². The van der Waals surface area contributed by atoms with Crippen molar-refractivity contribution in [3.63, 3.8) is 0 Å². The number of carboxylic acid groups (broad SMARTS) is 1. The molecule has 3 aromatic rings. The summed E-state index contributed by atoms with van der Waals surface area (Å²) in [6.07, 6.45) is -15.6. The fourth-order valence-corrected chi connectivity index (χ4v) is 6.56. The number of aromatic nitrogens is 2. The highest BCUT2D eigenvalue weighted by atomic mass is 19.4. The van der Waals surface area contributed by atoms with E-state index >= 15 is 0 Å². The highest BCUT2D eigenvalue weighted by Crippen LogP contribution is 2.47. The van der Waals surface area contributed by atoms with Gasteiger partial charge in [-0.3, -0.25) is 14.7 Å². The molecule has 0 aliphatic carbocycles. The van der Waals surface area contributed by atoms with Crippen LogP contribution in [0.15, 0.2) is 42.6 Å². The lowest BCUT2D eigenvalue weighted by atomic mass is 9.79. The molecule has 2 aliphatic rings. The third-order valence-electron chi connectivity index (χ3n) is 9.31. The molecule has 0 unspecified atom stereocenters. The summed E-state index contributed by atoms with van der Waals surface area (Å²) >= 11 is 0. The minimum atomic E-state index is -5.14. The molecular formula is C35H36F9N5O5. The summed E-state index contributed by atoms with van der Waals surface area (Å²) in [5.74, 6) is -2.30. The van der Waals surface area contributed by atoms with Crippen LogP contribution in [-0.4, -0.2) is 65.7 Å². The molecule has 0 bridgehead atoms. The Labute approximate surface area is 303 Å². The van der Waals surface area contributed by atoms with Crippen molar-refractivity contribution >= 4 is 23.4 Å². The highest BCUT2D eigenvalue weighted by Gasteiger charge is 2.48. The van der Waals surface area contributed by atoms with Gasteiger partial charge in [0.2, 0.25) is 0 Å². The van der Waals surface area contributed by atoms with Crippen LogP contribution in [0.25, 0.3) is 0 Å². The number of benzene rings is 1. The van der Waals surface area contributed by atoms with Crippen LogP contribution in [0.5, 0.6) is 0 Å². The number of hydrogen-bond acceptors (Lipinski definition) is 8. The number of aliphatic carboxylic acids is 1. The molecule has 2 aliphatic heterocycles. The highest BCUT2D eigenvalue weighted by molar-refractivity contribution is 5.91. The first-order chi connectivity index (χ1) is 25.2. The first-order valence-electron chi connectivity index (χ1n) is 16.9. The maximum absolute atomic E-state index is 14.1. The van der Waals surface area contributed by atoms with Crippen molar-refractivity contribution in [3.05, 3.63) is 81.9 Å². The maximum Gasteiger partial charge on any atom is 0.433 e. The van der Waals surface area contributed by atoms with E-state index in [0.717, 1.165) is 11.0 Å². The van der Waals surface area contributed by atoms with Crippen LogP contribution in [0.4, 0.5) is 55.7 Å². The minimum absolute atomic E-state index is 0.00183. The Bertz CT molecular complexity index is 1820. The van der Waals surface area contributed by atoms with Gasteiger partial charge in [0.25, 0.3) is 0 Å². The topological polar surface area (TPSA) is 131 Å². The molecule has 0 saturated carbocycles. The molecule has 10 nitrogen and oxygen atoms in total. The number of alkyl halides is 9. The number of rotatable bonds is 10. The average Bonchev–Trinajstić information content (AvgIpc) is 3.10. The molecule has 3 N–H and O–H groups in total. The van der Waals surface area contributed by atoms with Crippen molar-refractivity contribution in [2.75, 3.05) is 42.7 Å². The Balaban J connectivity index is 1.66.